The van der Waals surface area contributed by atoms with Crippen molar-refractivity contribution >= 4 is 40.1 Å². The molecule has 2 heterocycles. The van der Waals surface area contributed by atoms with Gasteiger partial charge in [0.15, 0.2) is 0 Å². The predicted octanol–water partition coefficient (Wildman–Crippen LogP) is 3.64. The quantitative estimate of drug-likeness (QED) is 0.782. The molecule has 7 heteroatoms. The molecule has 0 aliphatic heterocycles. The molecule has 1 N–H and O–H groups in total. The second-order valence-corrected chi connectivity index (χ2v) is 5.39. The molecule has 0 saturated heterocycles. The van der Waals surface area contributed by atoms with E-state index in [4.69, 9.17) is 23.2 Å². The molecule has 0 radical (unpaired) electrons. The molecule has 106 valence electrons. The Hall–Kier alpha value is -2.11. The smallest absolute Gasteiger partial charge is 0.336 e. The fraction of sp³-hybridized carbons (Fsp3) is 0.0714. The minimum absolute atomic E-state index is 0.100. The van der Waals surface area contributed by atoms with Crippen LogP contribution in [-0.2, 0) is 7.05 Å². The second-order valence-electron chi connectivity index (χ2n) is 4.55. The molecule has 0 unspecified atom stereocenters. The summed E-state index contributed by atoms with van der Waals surface area (Å²) in [6.07, 6.45) is 3.37. The first kappa shape index (κ1) is 13.9. The summed E-state index contributed by atoms with van der Waals surface area (Å²) in [7, 11) is 1.77. The Morgan fingerprint density at radius 2 is 2.05 bits per heavy atom. The molecule has 0 aliphatic carbocycles. The van der Waals surface area contributed by atoms with Gasteiger partial charge in [0.25, 0.3) is 0 Å². The van der Waals surface area contributed by atoms with Crippen molar-refractivity contribution in [2.24, 2.45) is 7.05 Å². The first-order chi connectivity index (χ1) is 9.95. The van der Waals surface area contributed by atoms with Gasteiger partial charge in [-0.2, -0.15) is 5.10 Å². The number of aromatic carboxylic acids is 1. The van der Waals surface area contributed by atoms with Crippen LogP contribution in [0.3, 0.4) is 0 Å². The molecule has 0 atom stereocenters. The van der Waals surface area contributed by atoms with Crippen LogP contribution in [0.4, 0.5) is 0 Å². The molecule has 3 rings (SSSR count). The van der Waals surface area contributed by atoms with E-state index in [1.165, 1.54) is 12.1 Å². The lowest BCUT2D eigenvalue weighted by molar-refractivity contribution is 0.0699. The van der Waals surface area contributed by atoms with Crippen LogP contribution in [0.2, 0.25) is 10.0 Å². The van der Waals surface area contributed by atoms with Crippen LogP contribution in [0.25, 0.3) is 22.2 Å². The summed E-state index contributed by atoms with van der Waals surface area (Å²) in [6, 6.07) is 4.58. The highest BCUT2D eigenvalue weighted by molar-refractivity contribution is 6.38. The van der Waals surface area contributed by atoms with Gasteiger partial charge in [-0.05, 0) is 18.2 Å². The monoisotopic (exact) mass is 321 g/mol. The molecule has 5 nitrogen and oxygen atoms in total. The normalized spacial score (nSPS) is 11.0. The van der Waals surface area contributed by atoms with Gasteiger partial charge in [-0.15, -0.1) is 0 Å². The minimum Gasteiger partial charge on any atom is -0.478 e. The van der Waals surface area contributed by atoms with E-state index in [0.29, 0.717) is 32.2 Å². The molecule has 1 aromatic carbocycles. The van der Waals surface area contributed by atoms with Gasteiger partial charge in [0.1, 0.15) is 0 Å². The SMILES string of the molecule is Cn1cc(-c2cc(C(=O)O)c3cc(Cl)cc(Cl)c3n2)cn1. The fourth-order valence-corrected chi connectivity index (χ4v) is 2.67. The third-order valence-electron chi connectivity index (χ3n) is 3.06. The summed E-state index contributed by atoms with van der Waals surface area (Å²) in [5.41, 5.74) is 1.72. The summed E-state index contributed by atoms with van der Waals surface area (Å²) >= 11 is 12.1. The number of rotatable bonds is 2. The number of halogens is 2. The average Bonchev–Trinajstić information content (AvgIpc) is 2.84. The summed E-state index contributed by atoms with van der Waals surface area (Å²) in [5, 5.41) is 14.6. The van der Waals surface area contributed by atoms with Crippen molar-refractivity contribution in [3.05, 3.63) is 46.2 Å². The number of carboxylic acids is 1. The number of hydrogen-bond donors (Lipinski definition) is 1. The van der Waals surface area contributed by atoms with Crippen LogP contribution in [0, 0.1) is 0 Å². The maximum absolute atomic E-state index is 11.5. The van der Waals surface area contributed by atoms with E-state index in [2.05, 4.69) is 10.1 Å². The molecule has 3 aromatic rings. The van der Waals surface area contributed by atoms with E-state index in [0.717, 1.165) is 0 Å². The van der Waals surface area contributed by atoms with Gasteiger partial charge < -0.3 is 5.11 Å². The summed E-state index contributed by atoms with van der Waals surface area (Å²) in [4.78, 5) is 15.9. The van der Waals surface area contributed by atoms with E-state index in [9.17, 15) is 9.90 Å². The van der Waals surface area contributed by atoms with Crippen molar-refractivity contribution in [1.29, 1.82) is 0 Å². The zero-order valence-corrected chi connectivity index (χ0v) is 12.4. The van der Waals surface area contributed by atoms with E-state index in [-0.39, 0.29) is 5.56 Å². The van der Waals surface area contributed by atoms with Crippen molar-refractivity contribution in [3.63, 3.8) is 0 Å². The van der Waals surface area contributed by atoms with Crippen LogP contribution in [0.1, 0.15) is 10.4 Å². The Balaban J connectivity index is 2.37. The third kappa shape index (κ3) is 2.46. The maximum Gasteiger partial charge on any atom is 0.336 e. The average molecular weight is 322 g/mol. The van der Waals surface area contributed by atoms with E-state index < -0.39 is 5.97 Å². The highest BCUT2D eigenvalue weighted by atomic mass is 35.5. The molecule has 0 bridgehead atoms. The topological polar surface area (TPSA) is 68.0 Å². The van der Waals surface area contributed by atoms with Crippen molar-refractivity contribution in [3.8, 4) is 11.3 Å². The Labute approximate surface area is 129 Å². The molecule has 2 aromatic heterocycles. The third-order valence-corrected chi connectivity index (χ3v) is 3.57. The van der Waals surface area contributed by atoms with Crippen LogP contribution in [-0.4, -0.2) is 25.8 Å². The Morgan fingerprint density at radius 1 is 1.29 bits per heavy atom. The highest BCUT2D eigenvalue weighted by Gasteiger charge is 2.16. The van der Waals surface area contributed by atoms with E-state index >= 15 is 0 Å². The lowest BCUT2D eigenvalue weighted by Crippen LogP contribution is -2.00. The Bertz CT molecular complexity index is 874. The van der Waals surface area contributed by atoms with Gasteiger partial charge in [0.05, 0.1) is 28.0 Å². The molecule has 21 heavy (non-hydrogen) atoms. The van der Waals surface area contributed by atoms with Crippen molar-refractivity contribution in [2.45, 2.75) is 0 Å². The lowest BCUT2D eigenvalue weighted by atomic mass is 10.1. The molecule has 0 saturated carbocycles. The molecular weight excluding hydrogens is 313 g/mol. The van der Waals surface area contributed by atoms with E-state index in [1.807, 2.05) is 0 Å². The van der Waals surface area contributed by atoms with Crippen LogP contribution >= 0.6 is 23.2 Å². The zero-order chi connectivity index (χ0) is 15.1. The number of aromatic nitrogens is 3. The Kier molecular flexibility index (Phi) is 3.31. The number of benzene rings is 1. The molecule has 0 aliphatic rings. The number of hydrogen-bond acceptors (Lipinski definition) is 3. The van der Waals surface area contributed by atoms with Crippen LogP contribution in [0.15, 0.2) is 30.6 Å². The first-order valence-electron chi connectivity index (χ1n) is 5.98. The van der Waals surface area contributed by atoms with Gasteiger partial charge in [-0.1, -0.05) is 23.2 Å². The molecule has 0 amide bonds. The highest BCUT2D eigenvalue weighted by Crippen LogP contribution is 2.31. The number of pyridine rings is 1. The van der Waals surface area contributed by atoms with Gasteiger partial charge in [0.2, 0.25) is 0 Å². The minimum atomic E-state index is -1.06. The lowest BCUT2D eigenvalue weighted by Gasteiger charge is -2.07. The largest absolute Gasteiger partial charge is 0.478 e. The van der Waals surface area contributed by atoms with Crippen LogP contribution < -0.4 is 0 Å². The molecular formula is C14H9Cl2N3O2. The standard InChI is InChI=1S/C14H9Cl2N3O2/c1-19-6-7(5-17-19)12-4-10(14(20)21)9-2-8(15)3-11(16)13(9)18-12/h2-6H,1H3,(H,20,21). The number of nitrogens with zero attached hydrogens (tertiary/aromatic N) is 3. The van der Waals surface area contributed by atoms with Crippen LogP contribution in [0.5, 0.6) is 0 Å². The maximum atomic E-state index is 11.5. The van der Waals surface area contributed by atoms with Crippen molar-refractivity contribution < 1.29 is 9.90 Å². The Morgan fingerprint density at radius 3 is 2.67 bits per heavy atom. The molecule has 0 spiro atoms. The number of aryl methyl sites for hydroxylation is 1. The van der Waals surface area contributed by atoms with Gasteiger partial charge >= 0.3 is 5.97 Å². The second kappa shape index (κ2) is 5.02. The van der Waals surface area contributed by atoms with Crippen molar-refractivity contribution in [1.82, 2.24) is 14.8 Å². The van der Waals surface area contributed by atoms with Crippen molar-refractivity contribution in [2.75, 3.05) is 0 Å². The first-order valence-corrected chi connectivity index (χ1v) is 6.73. The van der Waals surface area contributed by atoms with Gasteiger partial charge in [-0.25, -0.2) is 9.78 Å². The number of carboxylic acid groups (broad SMARTS) is 1. The summed E-state index contributed by atoms with van der Waals surface area (Å²) in [5.74, 6) is -1.06. The predicted molar refractivity (Wildman–Crippen MR) is 80.9 cm³/mol. The summed E-state index contributed by atoms with van der Waals surface area (Å²) < 4.78 is 1.62. The van der Waals surface area contributed by atoms with Gasteiger partial charge in [0, 0.05) is 29.2 Å². The summed E-state index contributed by atoms with van der Waals surface area (Å²) in [6.45, 7) is 0. The fourth-order valence-electron chi connectivity index (χ4n) is 2.13. The molecule has 0 fully saturated rings. The van der Waals surface area contributed by atoms with E-state index in [1.54, 1.807) is 30.2 Å². The zero-order valence-electron chi connectivity index (χ0n) is 10.8. The number of fused-ring (bicyclic) bond motifs is 1. The van der Waals surface area contributed by atoms with Gasteiger partial charge in [-0.3, -0.25) is 4.68 Å². The number of carbonyl (C=O) groups is 1.